The fourth-order valence-electron chi connectivity index (χ4n) is 7.51. The summed E-state index contributed by atoms with van der Waals surface area (Å²) in [5, 5.41) is 62.2. The number of rotatable bonds is 37. The molecule has 0 saturated carbocycles. The van der Waals surface area contributed by atoms with Crippen molar-refractivity contribution < 1.29 is 44.9 Å². The predicted octanol–water partition coefficient (Wildman–Crippen LogP) is 9.11. The second-order valence-corrected chi connectivity index (χ2v) is 17.1. The van der Waals surface area contributed by atoms with Gasteiger partial charge in [-0.1, -0.05) is 194 Å². The number of ether oxygens (including phenoxy) is 2. The molecule has 0 amide bonds. The Kier molecular flexibility index (Phi) is 32.2. The third-order valence-electron chi connectivity index (χ3n) is 12.1. The molecular weight excluding hydrogens is 696 g/mol. The van der Waals surface area contributed by atoms with Crippen molar-refractivity contribution in [3.05, 3.63) is 12.2 Å². The van der Waals surface area contributed by atoms with Gasteiger partial charge in [-0.25, -0.2) is 0 Å². The lowest BCUT2D eigenvalue weighted by atomic mass is 9.91. The molecule has 9 nitrogen and oxygen atoms in total. The Hall–Kier alpha value is -0.910. The Morgan fingerprint density at radius 3 is 1.47 bits per heavy atom. The largest absolute Gasteiger partial charge is 0.394 e. The summed E-state index contributed by atoms with van der Waals surface area (Å²) < 4.78 is 11.1. The lowest BCUT2D eigenvalue weighted by Crippen LogP contribution is -2.59. The normalized spacial score (nSPS) is 23.2. The van der Waals surface area contributed by atoms with Crippen LogP contribution in [0.2, 0.25) is 0 Å². The highest BCUT2D eigenvalue weighted by molar-refractivity contribution is 5.86. The highest BCUT2D eigenvalue weighted by Gasteiger charge is 2.44. The second kappa shape index (κ2) is 34.0. The summed E-state index contributed by atoms with van der Waals surface area (Å²) in [5.74, 6) is 0.0170. The number of carbonyl (C=O) groups excluding carboxylic acids is 1. The summed E-state index contributed by atoms with van der Waals surface area (Å²) in [6.07, 6.45) is 25.5. The zero-order valence-electron chi connectivity index (χ0n) is 35.8. The van der Waals surface area contributed by atoms with Crippen molar-refractivity contribution in [3.8, 4) is 0 Å². The van der Waals surface area contributed by atoms with Gasteiger partial charge in [0, 0.05) is 0 Å². The first-order chi connectivity index (χ1) is 26.6. The molecule has 1 aliphatic rings. The zero-order chi connectivity index (χ0) is 40.7. The smallest absolute Gasteiger partial charge is 0.186 e. The van der Waals surface area contributed by atoms with Gasteiger partial charge in [-0.2, -0.15) is 0 Å². The third kappa shape index (κ3) is 24.6. The van der Waals surface area contributed by atoms with E-state index in [0.717, 1.165) is 50.4 Å². The van der Waals surface area contributed by atoms with Gasteiger partial charge in [-0.05, 0) is 31.1 Å². The van der Waals surface area contributed by atoms with Gasteiger partial charge in [0.2, 0.25) is 0 Å². The molecule has 10 atom stereocenters. The summed E-state index contributed by atoms with van der Waals surface area (Å²) >= 11 is 0. The van der Waals surface area contributed by atoms with E-state index in [2.05, 4.69) is 27.7 Å². The van der Waals surface area contributed by atoms with Crippen LogP contribution in [0.4, 0.5) is 0 Å². The van der Waals surface area contributed by atoms with E-state index in [4.69, 9.17) is 9.47 Å². The highest BCUT2D eigenvalue weighted by Crippen LogP contribution is 2.25. The van der Waals surface area contributed by atoms with Gasteiger partial charge in [0.15, 0.2) is 12.1 Å². The summed E-state index contributed by atoms with van der Waals surface area (Å²) in [6.45, 7) is 8.22. The number of ketones is 1. The van der Waals surface area contributed by atoms with Crippen LogP contribution in [0.5, 0.6) is 0 Å². The number of hydrogen-bond donors (Lipinski definition) is 6. The molecule has 0 aromatic heterocycles. The molecule has 2 unspecified atom stereocenters. The number of unbranched alkanes of at least 4 members (excludes halogenated alkanes) is 20. The van der Waals surface area contributed by atoms with Crippen LogP contribution in [0, 0.1) is 17.8 Å². The van der Waals surface area contributed by atoms with E-state index in [9.17, 15) is 35.4 Å². The van der Waals surface area contributed by atoms with Crippen LogP contribution in [0.15, 0.2) is 12.2 Å². The fraction of sp³-hybridized carbons (Fsp3) is 0.935. The Labute approximate surface area is 337 Å². The van der Waals surface area contributed by atoms with Crippen LogP contribution in [0.25, 0.3) is 0 Å². The maximum absolute atomic E-state index is 13.5. The van der Waals surface area contributed by atoms with Crippen LogP contribution < -0.4 is 0 Å². The Balaban J connectivity index is 2.41. The molecule has 6 N–H and O–H groups in total. The molecule has 0 aromatic rings. The number of carbonyl (C=O) groups is 1. The lowest BCUT2D eigenvalue weighted by molar-refractivity contribution is -0.303. The predicted molar refractivity (Wildman–Crippen MR) is 224 cm³/mol. The molecule has 0 aliphatic carbocycles. The van der Waals surface area contributed by atoms with Gasteiger partial charge in [-0.15, -0.1) is 0 Å². The SMILES string of the molecule is CCC(C)CCCCCCCC/C=C/[C@@H](O)[C@H](CO[C@@H]1O[C@H](CO)[C@H](O)[C@H](O)[C@H]1O)C(=O)[C@H](O)CCCCCCCCCCCCCCCCCC(C)CC. The van der Waals surface area contributed by atoms with Gasteiger partial charge in [0.1, 0.15) is 30.5 Å². The van der Waals surface area contributed by atoms with E-state index in [1.54, 1.807) is 6.08 Å². The average Bonchev–Trinajstić information content (AvgIpc) is 3.19. The van der Waals surface area contributed by atoms with Crippen molar-refractivity contribution in [1.82, 2.24) is 0 Å². The van der Waals surface area contributed by atoms with Crippen LogP contribution >= 0.6 is 0 Å². The van der Waals surface area contributed by atoms with Crippen molar-refractivity contribution in [2.45, 2.75) is 244 Å². The van der Waals surface area contributed by atoms with E-state index < -0.39 is 61.2 Å². The molecule has 1 aliphatic heterocycles. The van der Waals surface area contributed by atoms with Crippen molar-refractivity contribution in [1.29, 1.82) is 0 Å². The minimum atomic E-state index is -1.62. The van der Waals surface area contributed by atoms with Crippen molar-refractivity contribution in [2.75, 3.05) is 13.2 Å². The van der Waals surface area contributed by atoms with E-state index in [-0.39, 0.29) is 6.61 Å². The molecular formula is C46H88O9. The number of hydrogen-bond acceptors (Lipinski definition) is 9. The topological polar surface area (TPSA) is 157 Å². The number of aliphatic hydroxyl groups excluding tert-OH is 6. The second-order valence-electron chi connectivity index (χ2n) is 17.1. The minimum Gasteiger partial charge on any atom is -0.394 e. The summed E-state index contributed by atoms with van der Waals surface area (Å²) in [4.78, 5) is 13.5. The van der Waals surface area contributed by atoms with E-state index in [0.29, 0.717) is 12.8 Å². The maximum atomic E-state index is 13.5. The van der Waals surface area contributed by atoms with Gasteiger partial charge < -0.3 is 40.1 Å². The van der Waals surface area contributed by atoms with E-state index in [1.165, 1.54) is 122 Å². The number of allylic oxidation sites excluding steroid dienone is 1. The van der Waals surface area contributed by atoms with Crippen LogP contribution in [-0.4, -0.2) is 92.5 Å². The quantitative estimate of drug-likeness (QED) is 0.0267. The van der Waals surface area contributed by atoms with Crippen molar-refractivity contribution in [3.63, 3.8) is 0 Å². The molecule has 55 heavy (non-hydrogen) atoms. The third-order valence-corrected chi connectivity index (χ3v) is 12.1. The van der Waals surface area contributed by atoms with E-state index >= 15 is 0 Å². The molecule has 0 radical (unpaired) electrons. The first kappa shape index (κ1) is 52.1. The molecule has 0 spiro atoms. The molecule has 1 fully saturated rings. The maximum Gasteiger partial charge on any atom is 0.186 e. The monoisotopic (exact) mass is 785 g/mol. The van der Waals surface area contributed by atoms with Gasteiger partial charge in [0.05, 0.1) is 25.2 Å². The van der Waals surface area contributed by atoms with Crippen LogP contribution in [0.1, 0.15) is 201 Å². The number of aliphatic hydroxyl groups is 6. The highest BCUT2D eigenvalue weighted by atomic mass is 16.7. The Morgan fingerprint density at radius 2 is 1.04 bits per heavy atom. The molecule has 9 heteroatoms. The van der Waals surface area contributed by atoms with Crippen LogP contribution in [0.3, 0.4) is 0 Å². The van der Waals surface area contributed by atoms with Gasteiger partial charge >= 0.3 is 0 Å². The Morgan fingerprint density at radius 1 is 0.618 bits per heavy atom. The Bertz CT molecular complexity index is 914. The van der Waals surface area contributed by atoms with Gasteiger partial charge in [0.25, 0.3) is 0 Å². The molecule has 0 bridgehead atoms. The lowest BCUT2D eigenvalue weighted by Gasteiger charge is -2.40. The standard InChI is InChI=1S/C46H88O9/c1-5-36(3)30-26-22-18-14-12-10-8-7-9-11-13-15-21-25-29-33-40(49)42(50)38(35-54-46-45(53)44(52)43(51)41(34-47)55-46)39(48)32-28-24-20-17-16-19-23-27-31-37(4)6-2/h28,32,36-41,43-49,51-53H,5-27,29-31,33-35H2,1-4H3/b32-28+/t36?,37?,38-,39+,40+,41+,43-,44-,45+,46+/m0/s1. The number of Topliss-reactive ketones (excluding diaryl/α,β-unsaturated/α-hetero) is 1. The first-order valence-corrected chi connectivity index (χ1v) is 23.1. The molecule has 1 saturated heterocycles. The summed E-state index contributed by atoms with van der Waals surface area (Å²) in [5.41, 5.74) is 0. The minimum absolute atomic E-state index is 0.293. The van der Waals surface area contributed by atoms with Crippen molar-refractivity contribution in [2.24, 2.45) is 17.8 Å². The molecule has 326 valence electrons. The van der Waals surface area contributed by atoms with E-state index in [1.807, 2.05) is 6.08 Å². The van der Waals surface area contributed by atoms with Gasteiger partial charge in [-0.3, -0.25) is 4.79 Å². The average molecular weight is 785 g/mol. The fourth-order valence-corrected chi connectivity index (χ4v) is 7.51. The molecule has 0 aromatic carbocycles. The zero-order valence-corrected chi connectivity index (χ0v) is 35.8. The molecule has 1 heterocycles. The summed E-state index contributed by atoms with van der Waals surface area (Å²) in [6, 6.07) is 0. The van der Waals surface area contributed by atoms with Crippen molar-refractivity contribution >= 4 is 5.78 Å². The first-order valence-electron chi connectivity index (χ1n) is 23.1. The van der Waals surface area contributed by atoms with Crippen LogP contribution in [-0.2, 0) is 14.3 Å². The summed E-state index contributed by atoms with van der Waals surface area (Å²) in [7, 11) is 0. The molecule has 1 rings (SSSR count).